The molecule has 13 heavy (non-hydrogen) atoms. The van der Waals surface area contributed by atoms with E-state index in [0.717, 1.165) is 0 Å². The first-order valence-corrected chi connectivity index (χ1v) is 4.39. The van der Waals surface area contributed by atoms with Crippen molar-refractivity contribution < 1.29 is 9.13 Å². The maximum atomic E-state index is 13.3. The summed E-state index contributed by atoms with van der Waals surface area (Å²) in [6, 6.07) is 2.88. The Bertz CT molecular complexity index is 455. The summed E-state index contributed by atoms with van der Waals surface area (Å²) in [6.45, 7) is 0. The van der Waals surface area contributed by atoms with Gasteiger partial charge in [0.2, 0.25) is 5.88 Å². The molecule has 0 saturated heterocycles. The smallest absolute Gasteiger partial charge is 0.214 e. The molecule has 68 valence electrons. The lowest BCUT2D eigenvalue weighted by molar-refractivity contribution is 0.384. The third-order valence-electron chi connectivity index (χ3n) is 1.74. The molecule has 0 aliphatic rings. The molecule has 0 bridgehead atoms. The van der Waals surface area contributed by atoms with Crippen molar-refractivity contribution in [3.8, 4) is 5.88 Å². The molecule has 0 atom stereocenters. The van der Waals surface area contributed by atoms with Crippen LogP contribution in [0.4, 0.5) is 4.39 Å². The van der Waals surface area contributed by atoms with Crippen molar-refractivity contribution in [2.75, 3.05) is 7.11 Å². The van der Waals surface area contributed by atoms with E-state index in [1.165, 1.54) is 30.0 Å². The van der Waals surface area contributed by atoms with E-state index >= 15 is 0 Å². The van der Waals surface area contributed by atoms with E-state index < -0.39 is 0 Å². The van der Waals surface area contributed by atoms with E-state index in [1.807, 2.05) is 0 Å². The van der Waals surface area contributed by atoms with Crippen LogP contribution in [0, 0.1) is 5.82 Å². The van der Waals surface area contributed by atoms with Gasteiger partial charge < -0.3 is 4.74 Å². The summed E-state index contributed by atoms with van der Waals surface area (Å²) in [7, 11) is 1.52. The molecule has 0 N–H and O–H groups in total. The number of rotatable bonds is 1. The number of hydrogen-bond acceptors (Lipinski definition) is 2. The van der Waals surface area contributed by atoms with E-state index in [9.17, 15) is 4.39 Å². The van der Waals surface area contributed by atoms with E-state index in [1.54, 1.807) is 0 Å². The molecule has 0 spiro atoms. The summed E-state index contributed by atoms with van der Waals surface area (Å²) in [5.41, 5.74) is 0.388. The predicted octanol–water partition coefficient (Wildman–Crippen LogP) is 2.24. The summed E-state index contributed by atoms with van der Waals surface area (Å²) >= 11 is 3.20. The highest BCUT2D eigenvalue weighted by atomic mass is 79.9. The zero-order valence-electron chi connectivity index (χ0n) is 6.79. The first kappa shape index (κ1) is 8.50. The zero-order chi connectivity index (χ0) is 9.42. The highest BCUT2D eigenvalue weighted by molar-refractivity contribution is 9.10. The van der Waals surface area contributed by atoms with Crippen LogP contribution >= 0.6 is 15.9 Å². The van der Waals surface area contributed by atoms with Crippen molar-refractivity contribution in [1.82, 2.24) is 9.61 Å². The lowest BCUT2D eigenvalue weighted by Gasteiger charge is -2.02. The molecule has 2 aromatic heterocycles. The maximum Gasteiger partial charge on any atom is 0.214 e. The topological polar surface area (TPSA) is 26.5 Å². The van der Waals surface area contributed by atoms with Crippen LogP contribution in [-0.2, 0) is 0 Å². The monoisotopic (exact) mass is 244 g/mol. The molecule has 0 radical (unpaired) electrons. The molecule has 0 aliphatic carbocycles. The minimum Gasteiger partial charge on any atom is -0.481 e. The standard InChI is InChI=1S/C8H6BrFN2O/c1-13-7-3-2-6(10)8-5(9)4-11-12(7)8/h2-4H,1H3. The summed E-state index contributed by atoms with van der Waals surface area (Å²) in [5, 5.41) is 3.95. The van der Waals surface area contributed by atoms with Gasteiger partial charge in [-0.3, -0.25) is 0 Å². The number of aromatic nitrogens is 2. The third kappa shape index (κ3) is 1.19. The number of hydrogen-bond donors (Lipinski definition) is 0. The fourth-order valence-corrected chi connectivity index (χ4v) is 1.61. The molecule has 2 heterocycles. The minimum absolute atomic E-state index is 0.329. The zero-order valence-corrected chi connectivity index (χ0v) is 8.38. The summed E-state index contributed by atoms with van der Waals surface area (Å²) < 4.78 is 20.3. The van der Waals surface area contributed by atoms with E-state index in [4.69, 9.17) is 4.74 Å². The number of fused-ring (bicyclic) bond motifs is 1. The number of pyridine rings is 1. The van der Waals surface area contributed by atoms with Crippen molar-refractivity contribution >= 4 is 21.4 Å². The second-order valence-electron chi connectivity index (χ2n) is 2.48. The Morgan fingerprint density at radius 2 is 2.31 bits per heavy atom. The first-order chi connectivity index (χ1) is 6.24. The summed E-state index contributed by atoms with van der Waals surface area (Å²) in [6.07, 6.45) is 1.53. The number of halogens is 2. The third-order valence-corrected chi connectivity index (χ3v) is 2.32. The molecule has 2 rings (SSSR count). The molecule has 5 heteroatoms. The Morgan fingerprint density at radius 1 is 1.54 bits per heavy atom. The van der Waals surface area contributed by atoms with Gasteiger partial charge in [-0.2, -0.15) is 9.61 Å². The van der Waals surface area contributed by atoms with E-state index in [2.05, 4.69) is 21.0 Å². The van der Waals surface area contributed by atoms with Crippen molar-refractivity contribution in [3.05, 3.63) is 28.6 Å². The summed E-state index contributed by atoms with van der Waals surface area (Å²) in [5.74, 6) is 0.173. The molecule has 3 nitrogen and oxygen atoms in total. The van der Waals surface area contributed by atoms with Crippen LogP contribution in [0.2, 0.25) is 0 Å². The fourth-order valence-electron chi connectivity index (χ4n) is 1.16. The Balaban J connectivity index is 2.87. The summed E-state index contributed by atoms with van der Waals surface area (Å²) in [4.78, 5) is 0. The largest absolute Gasteiger partial charge is 0.481 e. The molecule has 0 aliphatic heterocycles. The van der Waals surface area contributed by atoms with Crippen molar-refractivity contribution in [2.24, 2.45) is 0 Å². The van der Waals surface area contributed by atoms with Crippen molar-refractivity contribution in [2.45, 2.75) is 0 Å². The number of methoxy groups -OCH3 is 1. The van der Waals surface area contributed by atoms with Gasteiger partial charge >= 0.3 is 0 Å². The molecule has 0 aromatic carbocycles. The van der Waals surface area contributed by atoms with Crippen LogP contribution in [0.15, 0.2) is 22.8 Å². The Morgan fingerprint density at radius 3 is 3.00 bits per heavy atom. The van der Waals surface area contributed by atoms with Crippen LogP contribution in [0.5, 0.6) is 5.88 Å². The highest BCUT2D eigenvalue weighted by Gasteiger charge is 2.10. The van der Waals surface area contributed by atoms with Crippen LogP contribution < -0.4 is 4.74 Å². The van der Waals surface area contributed by atoms with Crippen LogP contribution in [0.3, 0.4) is 0 Å². The molecule has 0 saturated carbocycles. The van der Waals surface area contributed by atoms with Gasteiger partial charge in [0.25, 0.3) is 0 Å². The predicted molar refractivity (Wildman–Crippen MR) is 49.4 cm³/mol. The quantitative estimate of drug-likeness (QED) is 0.770. The second-order valence-corrected chi connectivity index (χ2v) is 3.33. The van der Waals surface area contributed by atoms with Crippen LogP contribution in [-0.4, -0.2) is 16.7 Å². The molecular weight excluding hydrogens is 239 g/mol. The van der Waals surface area contributed by atoms with Gasteiger partial charge in [0, 0.05) is 6.07 Å². The highest BCUT2D eigenvalue weighted by Crippen LogP contribution is 2.24. The van der Waals surface area contributed by atoms with Gasteiger partial charge in [0.15, 0.2) is 0 Å². The fraction of sp³-hybridized carbons (Fsp3) is 0.125. The Labute approximate surface area is 82.2 Å². The molecule has 0 amide bonds. The van der Waals surface area contributed by atoms with E-state index in [0.29, 0.717) is 15.9 Å². The maximum absolute atomic E-state index is 13.3. The van der Waals surface area contributed by atoms with Gasteiger partial charge in [-0.25, -0.2) is 4.39 Å². The van der Waals surface area contributed by atoms with Crippen LogP contribution in [0.1, 0.15) is 0 Å². The van der Waals surface area contributed by atoms with Gasteiger partial charge in [0.05, 0.1) is 17.8 Å². The first-order valence-electron chi connectivity index (χ1n) is 3.60. The Hall–Kier alpha value is -1.10. The number of nitrogens with zero attached hydrogens (tertiary/aromatic N) is 2. The normalized spacial score (nSPS) is 10.7. The molecule has 2 aromatic rings. The number of ether oxygens (including phenoxy) is 1. The van der Waals surface area contributed by atoms with Crippen molar-refractivity contribution in [3.63, 3.8) is 0 Å². The van der Waals surface area contributed by atoms with Gasteiger partial charge in [0.1, 0.15) is 11.3 Å². The van der Waals surface area contributed by atoms with Gasteiger partial charge in [-0.05, 0) is 22.0 Å². The van der Waals surface area contributed by atoms with E-state index in [-0.39, 0.29) is 5.82 Å². The lowest BCUT2D eigenvalue weighted by atomic mass is 10.4. The van der Waals surface area contributed by atoms with Crippen LogP contribution in [0.25, 0.3) is 5.52 Å². The molecule has 0 fully saturated rings. The lowest BCUT2D eigenvalue weighted by Crippen LogP contribution is -1.96. The van der Waals surface area contributed by atoms with Crippen molar-refractivity contribution in [1.29, 1.82) is 0 Å². The Kier molecular flexibility index (Phi) is 1.95. The van der Waals surface area contributed by atoms with Gasteiger partial charge in [-0.15, -0.1) is 0 Å². The minimum atomic E-state index is -0.329. The average molecular weight is 245 g/mol. The molecule has 0 unspecified atom stereocenters. The average Bonchev–Trinajstić information content (AvgIpc) is 2.50. The van der Waals surface area contributed by atoms with Gasteiger partial charge in [-0.1, -0.05) is 0 Å². The SMILES string of the molecule is COc1ccc(F)c2c(Br)cnn12. The molecular formula is C8H6BrFN2O. The second kappa shape index (κ2) is 2.99.